The maximum atomic E-state index is 13.4. The molecule has 2 N–H and O–H groups in total. The predicted octanol–water partition coefficient (Wildman–Crippen LogP) is 3.85. The summed E-state index contributed by atoms with van der Waals surface area (Å²) in [6.45, 7) is 9.05. The highest BCUT2D eigenvalue weighted by atomic mass is 19.4. The lowest BCUT2D eigenvalue weighted by molar-refractivity contribution is -0.148. The molecule has 1 aromatic carbocycles. The minimum atomic E-state index is -4.51. The van der Waals surface area contributed by atoms with E-state index in [1.807, 2.05) is 38.3 Å². The second-order valence-electron chi connectivity index (χ2n) is 9.22. The van der Waals surface area contributed by atoms with Gasteiger partial charge < -0.3 is 24.3 Å². The smallest absolute Gasteiger partial charge is 0.399 e. The van der Waals surface area contributed by atoms with E-state index in [-0.39, 0.29) is 11.6 Å². The largest absolute Gasteiger partial charge is 0.494 e. The van der Waals surface area contributed by atoms with Gasteiger partial charge in [0.05, 0.1) is 11.2 Å². The molecule has 0 aliphatic carbocycles. The monoisotopic (exact) mass is 424 g/mol. The molecule has 0 amide bonds. The highest BCUT2D eigenvalue weighted by Crippen LogP contribution is 2.39. The third-order valence-corrected chi connectivity index (χ3v) is 6.69. The number of aromatic nitrogens is 1. The second-order valence-corrected chi connectivity index (χ2v) is 9.22. The van der Waals surface area contributed by atoms with Gasteiger partial charge in [0.1, 0.15) is 6.04 Å². The summed E-state index contributed by atoms with van der Waals surface area (Å²) in [5.41, 5.74) is 6.18. The number of hydrogen-bond donors (Lipinski definition) is 1. The van der Waals surface area contributed by atoms with Crippen LogP contribution in [0.5, 0.6) is 0 Å². The van der Waals surface area contributed by atoms with E-state index in [1.165, 1.54) is 0 Å². The Balaban J connectivity index is 1.80. The van der Waals surface area contributed by atoms with Crippen molar-refractivity contribution in [2.75, 3.05) is 13.2 Å². The number of nitrogens with zero attached hydrogens (tertiary/aromatic N) is 1. The van der Waals surface area contributed by atoms with Gasteiger partial charge in [-0.1, -0.05) is 12.1 Å². The Morgan fingerprint density at radius 3 is 2.27 bits per heavy atom. The summed E-state index contributed by atoms with van der Waals surface area (Å²) < 4.78 is 59.9. The SMILES string of the molecule is CC1(C)OB(c2ccc3c(C(N)C(F)(F)F)cn(C4CCOCC4)c3c2)OC1(C)C. The number of fused-ring (bicyclic) bond motifs is 1. The number of alkyl halides is 3. The van der Waals surface area contributed by atoms with Crippen molar-refractivity contribution < 1.29 is 27.2 Å². The van der Waals surface area contributed by atoms with E-state index in [2.05, 4.69) is 0 Å². The van der Waals surface area contributed by atoms with Crippen molar-refractivity contribution in [2.45, 2.75) is 70.0 Å². The molecule has 0 radical (unpaired) electrons. The fraction of sp³-hybridized carbons (Fsp3) is 0.619. The third-order valence-electron chi connectivity index (χ3n) is 6.69. The van der Waals surface area contributed by atoms with Gasteiger partial charge in [0, 0.05) is 41.9 Å². The number of rotatable bonds is 3. The molecular weight excluding hydrogens is 396 g/mol. The zero-order chi connectivity index (χ0) is 21.9. The summed E-state index contributed by atoms with van der Waals surface area (Å²) in [7, 11) is -0.586. The molecule has 3 heterocycles. The van der Waals surface area contributed by atoms with Crippen LogP contribution in [-0.2, 0) is 14.0 Å². The summed E-state index contributed by atoms with van der Waals surface area (Å²) in [4.78, 5) is 0. The first-order chi connectivity index (χ1) is 13.9. The van der Waals surface area contributed by atoms with E-state index in [9.17, 15) is 13.2 Å². The number of halogens is 3. The van der Waals surface area contributed by atoms with E-state index >= 15 is 0 Å². The van der Waals surface area contributed by atoms with Crippen molar-refractivity contribution in [3.05, 3.63) is 30.0 Å². The summed E-state index contributed by atoms with van der Waals surface area (Å²) >= 11 is 0. The normalized spacial score (nSPS) is 23.3. The van der Waals surface area contributed by atoms with Gasteiger partial charge in [-0.2, -0.15) is 13.2 Å². The van der Waals surface area contributed by atoms with Crippen molar-refractivity contribution in [2.24, 2.45) is 5.73 Å². The number of nitrogens with two attached hydrogens (primary N) is 1. The summed E-state index contributed by atoms with van der Waals surface area (Å²) in [6.07, 6.45) is -1.47. The van der Waals surface area contributed by atoms with Gasteiger partial charge in [0.25, 0.3) is 0 Å². The van der Waals surface area contributed by atoms with E-state index in [0.29, 0.717) is 24.1 Å². The van der Waals surface area contributed by atoms with Crippen LogP contribution in [0.3, 0.4) is 0 Å². The van der Waals surface area contributed by atoms with Crippen LogP contribution in [0.4, 0.5) is 13.2 Å². The van der Waals surface area contributed by atoms with Crippen LogP contribution in [0.15, 0.2) is 24.4 Å². The maximum absolute atomic E-state index is 13.4. The molecule has 2 fully saturated rings. The standard InChI is InChI=1S/C21H28BF3N2O3/c1-19(2)20(3,4)30-22(29-19)13-5-6-15-16(18(26)21(23,24)25)12-27(17(15)11-13)14-7-9-28-10-8-14/h5-6,11-12,14,18H,7-10,26H2,1-4H3. The maximum Gasteiger partial charge on any atom is 0.494 e. The van der Waals surface area contributed by atoms with Crippen LogP contribution in [0.1, 0.15) is 58.2 Å². The molecular formula is C21H28BF3N2O3. The van der Waals surface area contributed by atoms with Crippen molar-refractivity contribution >= 4 is 23.5 Å². The van der Waals surface area contributed by atoms with Crippen LogP contribution in [-0.4, -0.2) is 42.3 Å². The molecule has 0 spiro atoms. The molecule has 164 valence electrons. The Morgan fingerprint density at radius 2 is 1.70 bits per heavy atom. The second kappa shape index (κ2) is 7.26. The number of benzene rings is 1. The van der Waals surface area contributed by atoms with Gasteiger partial charge in [-0.3, -0.25) is 0 Å². The average Bonchev–Trinajstić information content (AvgIpc) is 3.14. The predicted molar refractivity (Wildman–Crippen MR) is 110 cm³/mol. The van der Waals surface area contributed by atoms with Gasteiger partial charge in [-0.25, -0.2) is 0 Å². The zero-order valence-corrected chi connectivity index (χ0v) is 17.8. The van der Waals surface area contributed by atoms with Crippen LogP contribution >= 0.6 is 0 Å². The van der Waals surface area contributed by atoms with Crippen molar-refractivity contribution in [1.82, 2.24) is 4.57 Å². The molecule has 4 rings (SSSR count). The van der Waals surface area contributed by atoms with E-state index < -0.39 is 30.5 Å². The van der Waals surface area contributed by atoms with Crippen molar-refractivity contribution in [3.63, 3.8) is 0 Å². The van der Waals surface area contributed by atoms with Crippen molar-refractivity contribution in [3.8, 4) is 0 Å². The lowest BCUT2D eigenvalue weighted by Crippen LogP contribution is -2.41. The number of ether oxygens (including phenoxy) is 1. The van der Waals surface area contributed by atoms with Gasteiger partial charge in [-0.15, -0.1) is 0 Å². The van der Waals surface area contributed by atoms with Crippen LogP contribution in [0.25, 0.3) is 10.9 Å². The van der Waals surface area contributed by atoms with Gasteiger partial charge in [-0.05, 0) is 52.1 Å². The Hall–Kier alpha value is -1.55. The minimum absolute atomic E-state index is 0.0592. The molecule has 2 aromatic rings. The molecule has 5 nitrogen and oxygen atoms in total. The van der Waals surface area contributed by atoms with Crippen LogP contribution < -0.4 is 11.2 Å². The van der Waals surface area contributed by atoms with Gasteiger partial charge in [0.15, 0.2) is 0 Å². The molecule has 1 aromatic heterocycles. The van der Waals surface area contributed by atoms with E-state index in [1.54, 1.807) is 18.3 Å². The third kappa shape index (κ3) is 3.66. The zero-order valence-electron chi connectivity index (χ0n) is 17.8. The average molecular weight is 424 g/mol. The van der Waals surface area contributed by atoms with Gasteiger partial charge >= 0.3 is 13.3 Å². The first-order valence-corrected chi connectivity index (χ1v) is 10.3. The summed E-state index contributed by atoms with van der Waals surface area (Å²) in [5, 5.41) is 0.506. The lowest BCUT2D eigenvalue weighted by Gasteiger charge is -2.32. The fourth-order valence-corrected chi connectivity index (χ4v) is 4.11. The Kier molecular flexibility index (Phi) is 5.24. The van der Waals surface area contributed by atoms with E-state index in [4.69, 9.17) is 19.8 Å². The quantitative estimate of drug-likeness (QED) is 0.761. The molecule has 2 aliphatic heterocycles. The molecule has 2 aliphatic rings. The first kappa shape index (κ1) is 21.7. The van der Waals surface area contributed by atoms with Crippen LogP contribution in [0, 0.1) is 0 Å². The molecule has 1 atom stereocenters. The molecule has 9 heteroatoms. The summed E-state index contributed by atoms with van der Waals surface area (Å²) in [6, 6.07) is 3.37. The molecule has 1 unspecified atom stereocenters. The number of hydrogen-bond acceptors (Lipinski definition) is 4. The molecule has 30 heavy (non-hydrogen) atoms. The Morgan fingerprint density at radius 1 is 1.10 bits per heavy atom. The molecule has 2 saturated heterocycles. The molecule has 0 saturated carbocycles. The van der Waals surface area contributed by atoms with E-state index in [0.717, 1.165) is 18.3 Å². The lowest BCUT2D eigenvalue weighted by atomic mass is 9.78. The topological polar surface area (TPSA) is 58.6 Å². The highest BCUT2D eigenvalue weighted by molar-refractivity contribution is 6.62. The minimum Gasteiger partial charge on any atom is -0.399 e. The van der Waals surface area contributed by atoms with Crippen molar-refractivity contribution in [1.29, 1.82) is 0 Å². The first-order valence-electron chi connectivity index (χ1n) is 10.3. The molecule has 0 bridgehead atoms. The Bertz CT molecular complexity index is 919. The fourth-order valence-electron chi connectivity index (χ4n) is 4.11. The Labute approximate surface area is 174 Å². The van der Waals surface area contributed by atoms with Gasteiger partial charge in [0.2, 0.25) is 0 Å². The summed E-state index contributed by atoms with van der Waals surface area (Å²) in [5.74, 6) is 0. The van der Waals surface area contributed by atoms with Crippen LogP contribution in [0.2, 0.25) is 0 Å². The highest BCUT2D eigenvalue weighted by Gasteiger charge is 2.51.